The van der Waals surface area contributed by atoms with E-state index in [1.165, 1.54) is 41.8 Å². The number of amides is 1. The molecule has 1 aromatic heterocycles. The molecule has 0 spiro atoms. The van der Waals surface area contributed by atoms with Crippen LogP contribution in [0.4, 0.5) is 9.52 Å². The molecule has 0 atom stereocenters. The van der Waals surface area contributed by atoms with E-state index >= 15 is 0 Å². The second-order valence-corrected chi connectivity index (χ2v) is 5.32. The predicted octanol–water partition coefficient (Wildman–Crippen LogP) is 2.68. The number of nitrogens with zero attached hydrogens (tertiary/aromatic N) is 1. The van der Waals surface area contributed by atoms with Crippen molar-refractivity contribution in [1.82, 2.24) is 4.98 Å². The van der Waals surface area contributed by atoms with Crippen LogP contribution in [-0.4, -0.2) is 29.3 Å². The molecule has 1 aromatic carbocycles. The third-order valence-electron chi connectivity index (χ3n) is 2.72. The largest absolute Gasteiger partial charge is 0.460 e. The highest BCUT2D eigenvalue weighted by atomic mass is 32.1. The zero-order chi connectivity index (χ0) is 17.5. The lowest BCUT2D eigenvalue weighted by Gasteiger charge is -1.98. The van der Waals surface area contributed by atoms with E-state index in [0.717, 1.165) is 11.3 Å². The van der Waals surface area contributed by atoms with Crippen molar-refractivity contribution in [2.24, 2.45) is 0 Å². The SMILES string of the molecule is CCOC(=O)C(=O)c1csc(NC(=O)C=Cc2ccc(F)cc2)n1. The lowest BCUT2D eigenvalue weighted by Crippen LogP contribution is -2.18. The van der Waals surface area contributed by atoms with E-state index in [-0.39, 0.29) is 23.2 Å². The average Bonchev–Trinajstić information content (AvgIpc) is 3.02. The first-order valence-corrected chi connectivity index (χ1v) is 7.79. The summed E-state index contributed by atoms with van der Waals surface area (Å²) in [5.74, 6) is -2.69. The maximum atomic E-state index is 12.8. The van der Waals surface area contributed by atoms with E-state index < -0.39 is 17.7 Å². The third kappa shape index (κ3) is 4.82. The highest BCUT2D eigenvalue weighted by molar-refractivity contribution is 7.14. The van der Waals surface area contributed by atoms with Gasteiger partial charge in [-0.05, 0) is 30.7 Å². The van der Waals surface area contributed by atoms with Crippen molar-refractivity contribution in [1.29, 1.82) is 0 Å². The number of rotatable bonds is 6. The molecular weight excluding hydrogens is 335 g/mol. The van der Waals surface area contributed by atoms with E-state index in [4.69, 9.17) is 0 Å². The van der Waals surface area contributed by atoms with Crippen molar-refractivity contribution >= 4 is 40.2 Å². The Kier molecular flexibility index (Phi) is 5.91. The zero-order valence-electron chi connectivity index (χ0n) is 12.6. The molecule has 0 aliphatic carbocycles. The first kappa shape index (κ1) is 17.5. The smallest absolute Gasteiger partial charge is 0.381 e. The lowest BCUT2D eigenvalue weighted by molar-refractivity contribution is -0.137. The van der Waals surface area contributed by atoms with Crippen LogP contribution in [0.25, 0.3) is 6.08 Å². The molecule has 6 nitrogen and oxygen atoms in total. The average molecular weight is 348 g/mol. The van der Waals surface area contributed by atoms with Gasteiger partial charge in [-0.3, -0.25) is 14.9 Å². The molecule has 0 radical (unpaired) electrons. The number of nitrogens with one attached hydrogen (secondary N) is 1. The zero-order valence-corrected chi connectivity index (χ0v) is 13.4. The van der Waals surface area contributed by atoms with E-state index in [1.807, 2.05) is 0 Å². The van der Waals surface area contributed by atoms with Crippen molar-refractivity contribution in [2.75, 3.05) is 11.9 Å². The van der Waals surface area contributed by atoms with Crippen molar-refractivity contribution in [3.8, 4) is 0 Å². The van der Waals surface area contributed by atoms with Crippen LogP contribution in [0.15, 0.2) is 35.7 Å². The summed E-state index contributed by atoms with van der Waals surface area (Å²) in [5, 5.41) is 4.01. The van der Waals surface area contributed by atoms with Gasteiger partial charge in [0, 0.05) is 11.5 Å². The topological polar surface area (TPSA) is 85.4 Å². The minimum absolute atomic E-state index is 0.0868. The normalized spacial score (nSPS) is 10.6. The molecule has 0 aliphatic rings. The minimum atomic E-state index is -0.989. The van der Waals surface area contributed by atoms with Crippen molar-refractivity contribution in [3.63, 3.8) is 0 Å². The van der Waals surface area contributed by atoms with Gasteiger partial charge in [0.05, 0.1) is 6.61 Å². The number of hydrogen-bond acceptors (Lipinski definition) is 6. The van der Waals surface area contributed by atoms with Crippen LogP contribution < -0.4 is 5.32 Å². The number of ether oxygens (including phenoxy) is 1. The maximum absolute atomic E-state index is 12.8. The molecule has 2 aromatic rings. The summed E-state index contributed by atoms with van der Waals surface area (Å²) in [7, 11) is 0. The summed E-state index contributed by atoms with van der Waals surface area (Å²) in [4.78, 5) is 38.7. The fourth-order valence-corrected chi connectivity index (χ4v) is 2.32. The van der Waals surface area contributed by atoms with Crippen LogP contribution in [0.5, 0.6) is 0 Å². The molecule has 2 rings (SSSR count). The number of hydrogen-bond donors (Lipinski definition) is 1. The van der Waals surface area contributed by atoms with Crippen molar-refractivity contribution in [2.45, 2.75) is 6.92 Å². The number of Topliss-reactive ketones (excluding diaryl/α,β-unsaturated/α-hetero) is 1. The number of carbonyl (C=O) groups excluding carboxylic acids is 3. The second kappa shape index (κ2) is 8.11. The summed E-state index contributed by atoms with van der Waals surface area (Å²) >= 11 is 1.01. The van der Waals surface area contributed by atoms with Crippen LogP contribution >= 0.6 is 11.3 Å². The predicted molar refractivity (Wildman–Crippen MR) is 87.1 cm³/mol. The van der Waals surface area contributed by atoms with Gasteiger partial charge in [-0.2, -0.15) is 0 Å². The Morgan fingerprint density at radius 3 is 2.67 bits per heavy atom. The molecule has 1 heterocycles. The second-order valence-electron chi connectivity index (χ2n) is 4.46. The summed E-state index contributed by atoms with van der Waals surface area (Å²) in [6.07, 6.45) is 2.76. The van der Waals surface area contributed by atoms with Crippen molar-refractivity contribution in [3.05, 3.63) is 52.8 Å². The molecule has 24 heavy (non-hydrogen) atoms. The molecule has 1 amide bonds. The van der Waals surface area contributed by atoms with Crippen LogP contribution in [0, 0.1) is 5.82 Å². The Hall–Kier alpha value is -2.87. The van der Waals surface area contributed by atoms with Crippen molar-refractivity contribution < 1.29 is 23.5 Å². The number of anilines is 1. The minimum Gasteiger partial charge on any atom is -0.460 e. The first-order chi connectivity index (χ1) is 11.5. The summed E-state index contributed by atoms with van der Waals surface area (Å²) < 4.78 is 17.4. The number of aromatic nitrogens is 1. The maximum Gasteiger partial charge on any atom is 0.381 e. The fraction of sp³-hybridized carbons (Fsp3) is 0.125. The van der Waals surface area contributed by atoms with Gasteiger partial charge in [0.25, 0.3) is 5.78 Å². The number of thiazole rings is 1. The first-order valence-electron chi connectivity index (χ1n) is 6.91. The van der Waals surface area contributed by atoms with Crippen LogP contribution in [0.1, 0.15) is 23.0 Å². The van der Waals surface area contributed by atoms with Crippen LogP contribution in [0.3, 0.4) is 0 Å². The Balaban J connectivity index is 1.96. The van der Waals surface area contributed by atoms with Gasteiger partial charge in [-0.15, -0.1) is 11.3 Å². The quantitative estimate of drug-likeness (QED) is 0.375. The summed E-state index contributed by atoms with van der Waals surface area (Å²) in [6.45, 7) is 1.68. The molecule has 0 bridgehead atoms. The Labute approximate surface area is 141 Å². The van der Waals surface area contributed by atoms with Gasteiger partial charge in [0.1, 0.15) is 11.5 Å². The van der Waals surface area contributed by atoms with E-state index in [0.29, 0.717) is 5.56 Å². The molecule has 8 heteroatoms. The van der Waals surface area contributed by atoms with Gasteiger partial charge in [-0.1, -0.05) is 12.1 Å². The third-order valence-corrected chi connectivity index (χ3v) is 3.48. The van der Waals surface area contributed by atoms with E-state index in [9.17, 15) is 18.8 Å². The highest BCUT2D eigenvalue weighted by Gasteiger charge is 2.20. The molecule has 0 fully saturated rings. The molecule has 1 N–H and O–H groups in total. The molecule has 0 aliphatic heterocycles. The fourth-order valence-electron chi connectivity index (χ4n) is 1.63. The van der Waals surface area contributed by atoms with Crippen LogP contribution in [0.2, 0.25) is 0 Å². The Morgan fingerprint density at radius 1 is 1.29 bits per heavy atom. The van der Waals surface area contributed by atoms with Gasteiger partial charge in [-0.25, -0.2) is 14.2 Å². The summed E-state index contributed by atoms with van der Waals surface area (Å²) in [5.41, 5.74) is 0.570. The highest BCUT2D eigenvalue weighted by Crippen LogP contribution is 2.16. The number of esters is 1. The molecular formula is C16H13FN2O4S. The molecule has 124 valence electrons. The van der Waals surface area contributed by atoms with Gasteiger partial charge in [0.2, 0.25) is 5.91 Å². The van der Waals surface area contributed by atoms with Gasteiger partial charge >= 0.3 is 5.97 Å². The monoisotopic (exact) mass is 348 g/mol. The Bertz CT molecular complexity index is 784. The number of ketones is 1. The summed E-state index contributed by atoms with van der Waals surface area (Å²) in [6, 6.07) is 5.62. The Morgan fingerprint density at radius 2 is 2.00 bits per heavy atom. The standard InChI is InChI=1S/C16H13FN2O4S/c1-2-23-15(22)14(21)12-9-24-16(18-12)19-13(20)8-5-10-3-6-11(17)7-4-10/h3-9H,2H2,1H3,(H,18,19,20). The number of benzene rings is 1. The number of halogens is 1. The molecule has 0 saturated carbocycles. The lowest BCUT2D eigenvalue weighted by atomic mass is 10.2. The van der Waals surface area contributed by atoms with Gasteiger partial charge < -0.3 is 4.74 Å². The molecule has 0 saturated heterocycles. The van der Waals surface area contributed by atoms with Crippen LogP contribution in [-0.2, 0) is 14.3 Å². The van der Waals surface area contributed by atoms with Gasteiger partial charge in [0.15, 0.2) is 5.13 Å². The number of carbonyl (C=O) groups is 3. The molecule has 0 unspecified atom stereocenters. The van der Waals surface area contributed by atoms with E-state index in [1.54, 1.807) is 6.92 Å². The van der Waals surface area contributed by atoms with E-state index in [2.05, 4.69) is 15.0 Å².